The Balaban J connectivity index is 1.90. The van der Waals surface area contributed by atoms with E-state index >= 15 is 0 Å². The summed E-state index contributed by atoms with van der Waals surface area (Å²) in [6, 6.07) is 14.2. The molecular formula is C29H34N2O4. The van der Waals surface area contributed by atoms with Gasteiger partial charge >= 0.3 is 5.97 Å². The number of methoxy groups -OCH3 is 1. The summed E-state index contributed by atoms with van der Waals surface area (Å²) in [5.41, 5.74) is 4.12. The average Bonchev–Trinajstić information content (AvgIpc) is 2.97. The molecule has 1 amide bonds. The van der Waals surface area contributed by atoms with Crippen molar-refractivity contribution in [2.24, 2.45) is 5.41 Å². The molecule has 35 heavy (non-hydrogen) atoms. The fraction of sp³-hybridized carbons (Fsp3) is 0.414. The second kappa shape index (κ2) is 10.1. The molecule has 2 aliphatic rings. The SMILES string of the molecule is CCCCCC(=O)N1c2ccccc2NC2=C(C(=O)CC(C)(C)C2)[C@@H]1c1ccc(C(=O)OC)cc1. The van der Waals surface area contributed by atoms with Crippen LogP contribution < -0.4 is 10.2 Å². The molecule has 1 heterocycles. The first kappa shape index (κ1) is 24.7. The van der Waals surface area contributed by atoms with E-state index in [1.807, 2.05) is 36.4 Å². The van der Waals surface area contributed by atoms with Gasteiger partial charge in [-0.15, -0.1) is 0 Å². The van der Waals surface area contributed by atoms with Crippen molar-refractivity contribution in [1.82, 2.24) is 0 Å². The van der Waals surface area contributed by atoms with Gasteiger partial charge in [-0.2, -0.15) is 0 Å². The summed E-state index contributed by atoms with van der Waals surface area (Å²) < 4.78 is 4.85. The Bertz CT molecular complexity index is 1160. The lowest BCUT2D eigenvalue weighted by molar-refractivity contribution is -0.119. The number of carbonyl (C=O) groups is 3. The number of ketones is 1. The van der Waals surface area contributed by atoms with E-state index in [1.165, 1.54) is 7.11 Å². The minimum Gasteiger partial charge on any atom is -0.465 e. The number of Topliss-reactive ketones (excluding diaryl/α,β-unsaturated/α-hetero) is 1. The number of amides is 1. The zero-order valence-electron chi connectivity index (χ0n) is 21.0. The van der Waals surface area contributed by atoms with Crippen molar-refractivity contribution < 1.29 is 19.1 Å². The van der Waals surface area contributed by atoms with Gasteiger partial charge < -0.3 is 10.1 Å². The van der Waals surface area contributed by atoms with Gasteiger partial charge in [-0.25, -0.2) is 4.79 Å². The van der Waals surface area contributed by atoms with Crippen molar-refractivity contribution in [3.8, 4) is 0 Å². The maximum absolute atomic E-state index is 13.8. The molecule has 0 spiro atoms. The second-order valence-corrected chi connectivity index (χ2v) is 10.2. The highest BCUT2D eigenvalue weighted by molar-refractivity contribution is 6.06. The topological polar surface area (TPSA) is 75.7 Å². The minimum absolute atomic E-state index is 0.0128. The molecule has 184 valence electrons. The molecule has 0 bridgehead atoms. The number of nitrogens with one attached hydrogen (secondary N) is 1. The maximum Gasteiger partial charge on any atom is 0.337 e. The van der Waals surface area contributed by atoms with Crippen LogP contribution in [-0.4, -0.2) is 24.8 Å². The second-order valence-electron chi connectivity index (χ2n) is 10.2. The molecule has 6 nitrogen and oxygen atoms in total. The number of unbranched alkanes of at least 4 members (excludes halogenated alkanes) is 2. The number of fused-ring (bicyclic) bond motifs is 1. The van der Waals surface area contributed by atoms with Crippen LogP contribution in [0.25, 0.3) is 0 Å². The number of ether oxygens (including phenoxy) is 1. The first-order valence-corrected chi connectivity index (χ1v) is 12.4. The fourth-order valence-electron chi connectivity index (χ4n) is 5.14. The van der Waals surface area contributed by atoms with Gasteiger partial charge in [0.2, 0.25) is 5.91 Å². The van der Waals surface area contributed by atoms with E-state index < -0.39 is 12.0 Å². The molecule has 0 radical (unpaired) electrons. The molecule has 0 aromatic heterocycles. The molecule has 0 saturated heterocycles. The molecule has 1 aliphatic carbocycles. The number of nitrogens with zero attached hydrogens (tertiary/aromatic N) is 1. The normalized spacial score (nSPS) is 18.8. The van der Waals surface area contributed by atoms with Crippen LogP contribution in [-0.2, 0) is 14.3 Å². The van der Waals surface area contributed by atoms with Gasteiger partial charge in [0.05, 0.1) is 30.1 Å². The first-order chi connectivity index (χ1) is 16.8. The predicted molar refractivity (Wildman–Crippen MR) is 137 cm³/mol. The molecular weight excluding hydrogens is 440 g/mol. The molecule has 2 aromatic carbocycles. The lowest BCUT2D eigenvalue weighted by Crippen LogP contribution is -2.39. The third-order valence-corrected chi connectivity index (χ3v) is 6.81. The zero-order valence-corrected chi connectivity index (χ0v) is 21.0. The highest BCUT2D eigenvalue weighted by Crippen LogP contribution is 2.48. The third-order valence-electron chi connectivity index (χ3n) is 6.81. The summed E-state index contributed by atoms with van der Waals surface area (Å²) in [7, 11) is 1.35. The van der Waals surface area contributed by atoms with Crippen molar-refractivity contribution in [1.29, 1.82) is 0 Å². The summed E-state index contributed by atoms with van der Waals surface area (Å²) in [5, 5.41) is 3.53. The molecule has 2 aromatic rings. The van der Waals surface area contributed by atoms with Crippen LogP contribution >= 0.6 is 0 Å². The molecule has 6 heteroatoms. The monoisotopic (exact) mass is 474 g/mol. The van der Waals surface area contributed by atoms with E-state index in [-0.39, 0.29) is 17.1 Å². The summed E-state index contributed by atoms with van der Waals surface area (Å²) in [6.45, 7) is 6.31. The lowest BCUT2D eigenvalue weighted by atomic mass is 9.73. The van der Waals surface area contributed by atoms with E-state index in [1.54, 1.807) is 17.0 Å². The van der Waals surface area contributed by atoms with Crippen LogP contribution in [0, 0.1) is 5.41 Å². The molecule has 1 aliphatic heterocycles. The Labute approximate surface area is 207 Å². The smallest absolute Gasteiger partial charge is 0.337 e. The van der Waals surface area contributed by atoms with Gasteiger partial charge in [-0.3, -0.25) is 14.5 Å². The fourth-order valence-corrected chi connectivity index (χ4v) is 5.14. The summed E-state index contributed by atoms with van der Waals surface area (Å²) in [5.74, 6) is -0.390. The van der Waals surface area contributed by atoms with Gasteiger partial charge in [0.1, 0.15) is 0 Å². The Morgan fingerprint density at radius 2 is 1.77 bits per heavy atom. The number of carbonyl (C=O) groups excluding carboxylic acids is 3. The highest BCUT2D eigenvalue weighted by atomic mass is 16.5. The third kappa shape index (κ3) is 5.02. The number of allylic oxidation sites excluding steroid dienone is 1. The number of anilines is 2. The summed E-state index contributed by atoms with van der Waals surface area (Å²) >= 11 is 0. The van der Waals surface area contributed by atoms with E-state index in [4.69, 9.17) is 4.74 Å². The van der Waals surface area contributed by atoms with Crippen molar-refractivity contribution in [2.75, 3.05) is 17.3 Å². The van der Waals surface area contributed by atoms with Crippen molar-refractivity contribution in [3.63, 3.8) is 0 Å². The molecule has 0 fully saturated rings. The molecule has 1 atom stereocenters. The quantitative estimate of drug-likeness (QED) is 0.399. The predicted octanol–water partition coefficient (Wildman–Crippen LogP) is 6.20. The maximum atomic E-state index is 13.8. The Kier molecular flexibility index (Phi) is 7.10. The van der Waals surface area contributed by atoms with Crippen LogP contribution in [0.4, 0.5) is 11.4 Å². The standard InChI is InChI=1S/C29H34N2O4/c1-5-6-7-12-25(33)31-23-11-9-8-10-21(23)30-22-17-29(2,3)18-24(32)26(22)27(31)19-13-15-20(16-14-19)28(34)35-4/h8-11,13-16,27,30H,5-7,12,17-18H2,1-4H3/t27-/m0/s1. The zero-order chi connectivity index (χ0) is 25.2. The minimum atomic E-state index is -0.578. The van der Waals surface area contributed by atoms with Gasteiger partial charge in [0, 0.05) is 24.1 Å². The Morgan fingerprint density at radius 1 is 1.06 bits per heavy atom. The number of hydrogen-bond acceptors (Lipinski definition) is 5. The van der Waals surface area contributed by atoms with Crippen molar-refractivity contribution in [3.05, 3.63) is 70.9 Å². The number of para-hydroxylation sites is 2. The van der Waals surface area contributed by atoms with Crippen molar-refractivity contribution in [2.45, 2.75) is 65.3 Å². The van der Waals surface area contributed by atoms with E-state index in [0.29, 0.717) is 30.4 Å². The van der Waals surface area contributed by atoms with Crippen LogP contribution in [0.2, 0.25) is 0 Å². The average molecular weight is 475 g/mol. The van der Waals surface area contributed by atoms with Crippen molar-refractivity contribution >= 4 is 29.0 Å². The van der Waals surface area contributed by atoms with Crippen LogP contribution in [0.1, 0.15) is 81.3 Å². The van der Waals surface area contributed by atoms with Gasteiger partial charge in [0.25, 0.3) is 0 Å². The highest BCUT2D eigenvalue weighted by Gasteiger charge is 2.43. The number of benzene rings is 2. The van der Waals surface area contributed by atoms with Crippen LogP contribution in [0.5, 0.6) is 0 Å². The number of esters is 1. The van der Waals surface area contributed by atoms with Crippen LogP contribution in [0.3, 0.4) is 0 Å². The Hall–Kier alpha value is -3.41. The van der Waals surface area contributed by atoms with Gasteiger partial charge in [-0.1, -0.05) is 57.9 Å². The molecule has 0 saturated carbocycles. The molecule has 4 rings (SSSR count). The van der Waals surface area contributed by atoms with Crippen LogP contribution in [0.15, 0.2) is 59.8 Å². The molecule has 1 N–H and O–H groups in total. The van der Waals surface area contributed by atoms with E-state index in [0.717, 1.165) is 41.9 Å². The molecule has 0 unspecified atom stereocenters. The lowest BCUT2D eigenvalue weighted by Gasteiger charge is -2.37. The van der Waals surface area contributed by atoms with E-state index in [9.17, 15) is 14.4 Å². The van der Waals surface area contributed by atoms with E-state index in [2.05, 4.69) is 26.1 Å². The first-order valence-electron chi connectivity index (χ1n) is 12.4. The largest absolute Gasteiger partial charge is 0.465 e. The Morgan fingerprint density at radius 3 is 2.46 bits per heavy atom. The number of rotatable bonds is 6. The number of hydrogen-bond donors (Lipinski definition) is 1. The summed E-state index contributed by atoms with van der Waals surface area (Å²) in [4.78, 5) is 41.3. The summed E-state index contributed by atoms with van der Waals surface area (Å²) in [6.07, 6.45) is 4.31. The van der Waals surface area contributed by atoms with Gasteiger partial charge in [-0.05, 0) is 48.1 Å². The van der Waals surface area contributed by atoms with Gasteiger partial charge in [0.15, 0.2) is 5.78 Å².